The molecule has 86 valence electrons. The van der Waals surface area contributed by atoms with Crippen LogP contribution in [0, 0.1) is 13.8 Å². The summed E-state index contributed by atoms with van der Waals surface area (Å²) in [5.74, 6) is 0. The van der Waals surface area contributed by atoms with Gasteiger partial charge in [0.25, 0.3) is 0 Å². The standard InChI is InChI=1S/C11H11BrClNS2/c1-5-3-8(15-6(5)2)10(14)9-4-7(12)11(13)16-9/h3-4,10H,14H2,1-2H3. The lowest BCUT2D eigenvalue weighted by molar-refractivity contribution is 0.916. The van der Waals surface area contributed by atoms with Crippen LogP contribution in [-0.2, 0) is 0 Å². The molecule has 16 heavy (non-hydrogen) atoms. The van der Waals surface area contributed by atoms with Crippen molar-refractivity contribution in [2.75, 3.05) is 0 Å². The summed E-state index contributed by atoms with van der Waals surface area (Å²) >= 11 is 12.7. The summed E-state index contributed by atoms with van der Waals surface area (Å²) in [6.07, 6.45) is 0. The highest BCUT2D eigenvalue weighted by Crippen LogP contribution is 2.38. The Bertz CT molecular complexity index is 433. The summed E-state index contributed by atoms with van der Waals surface area (Å²) in [5, 5.41) is 0. The highest BCUT2D eigenvalue weighted by Gasteiger charge is 2.16. The van der Waals surface area contributed by atoms with Crippen LogP contribution in [0.3, 0.4) is 0 Å². The summed E-state index contributed by atoms with van der Waals surface area (Å²) in [7, 11) is 0. The van der Waals surface area contributed by atoms with Crippen LogP contribution in [0.5, 0.6) is 0 Å². The number of hydrogen-bond donors (Lipinski definition) is 1. The molecule has 2 rings (SSSR count). The summed E-state index contributed by atoms with van der Waals surface area (Å²) in [6, 6.07) is 4.10. The lowest BCUT2D eigenvalue weighted by atomic mass is 10.2. The van der Waals surface area contributed by atoms with Gasteiger partial charge in [-0.1, -0.05) is 11.6 Å². The van der Waals surface area contributed by atoms with Gasteiger partial charge in [0.05, 0.1) is 6.04 Å². The maximum absolute atomic E-state index is 6.22. The molecule has 1 unspecified atom stereocenters. The van der Waals surface area contributed by atoms with E-state index in [4.69, 9.17) is 17.3 Å². The van der Waals surface area contributed by atoms with Crippen molar-refractivity contribution in [2.45, 2.75) is 19.9 Å². The van der Waals surface area contributed by atoms with Gasteiger partial charge in [-0.25, -0.2) is 0 Å². The molecule has 0 fully saturated rings. The summed E-state index contributed by atoms with van der Waals surface area (Å²) in [6.45, 7) is 4.23. The van der Waals surface area contributed by atoms with Crippen molar-refractivity contribution in [3.05, 3.63) is 41.1 Å². The number of hydrogen-bond acceptors (Lipinski definition) is 3. The first-order valence-electron chi connectivity index (χ1n) is 4.76. The van der Waals surface area contributed by atoms with Gasteiger partial charge in [0.2, 0.25) is 0 Å². The Hall–Kier alpha value is 0.130. The average molecular weight is 337 g/mol. The molecule has 0 amide bonds. The van der Waals surface area contributed by atoms with E-state index in [9.17, 15) is 0 Å². The minimum atomic E-state index is -0.0637. The monoisotopic (exact) mass is 335 g/mol. The molecule has 5 heteroatoms. The normalized spacial score (nSPS) is 13.1. The first-order valence-corrected chi connectivity index (χ1v) is 7.56. The van der Waals surface area contributed by atoms with Gasteiger partial charge >= 0.3 is 0 Å². The van der Waals surface area contributed by atoms with Crippen LogP contribution < -0.4 is 5.73 Å². The summed E-state index contributed by atoms with van der Waals surface area (Å²) in [5.41, 5.74) is 7.53. The summed E-state index contributed by atoms with van der Waals surface area (Å²) in [4.78, 5) is 3.62. The van der Waals surface area contributed by atoms with Gasteiger partial charge in [-0.3, -0.25) is 0 Å². The van der Waals surface area contributed by atoms with Gasteiger partial charge in [-0.05, 0) is 47.5 Å². The molecule has 0 aliphatic heterocycles. The zero-order valence-corrected chi connectivity index (χ0v) is 12.9. The van der Waals surface area contributed by atoms with Crippen molar-refractivity contribution in [3.63, 3.8) is 0 Å². The molecule has 0 aliphatic carbocycles. The van der Waals surface area contributed by atoms with Crippen molar-refractivity contribution >= 4 is 50.2 Å². The van der Waals surface area contributed by atoms with Crippen LogP contribution >= 0.6 is 50.2 Å². The number of thiophene rings is 2. The van der Waals surface area contributed by atoms with Gasteiger partial charge in [-0.15, -0.1) is 22.7 Å². The highest BCUT2D eigenvalue weighted by atomic mass is 79.9. The van der Waals surface area contributed by atoms with E-state index in [1.165, 1.54) is 26.7 Å². The van der Waals surface area contributed by atoms with E-state index in [2.05, 4.69) is 35.8 Å². The first kappa shape index (κ1) is 12.6. The van der Waals surface area contributed by atoms with Crippen LogP contribution in [0.15, 0.2) is 16.6 Å². The molecule has 2 N–H and O–H groups in total. The van der Waals surface area contributed by atoms with E-state index in [0.717, 1.165) is 13.7 Å². The van der Waals surface area contributed by atoms with Crippen molar-refractivity contribution < 1.29 is 0 Å². The molecule has 1 nitrogen and oxygen atoms in total. The molecule has 0 bridgehead atoms. The van der Waals surface area contributed by atoms with E-state index in [0.29, 0.717) is 0 Å². The molecule has 0 saturated carbocycles. The van der Waals surface area contributed by atoms with Crippen LogP contribution in [0.25, 0.3) is 0 Å². The van der Waals surface area contributed by atoms with Gasteiger partial charge in [0, 0.05) is 19.1 Å². The lowest BCUT2D eigenvalue weighted by Gasteiger charge is -2.05. The zero-order chi connectivity index (χ0) is 11.9. The first-order chi connectivity index (χ1) is 7.49. The fourth-order valence-electron chi connectivity index (χ4n) is 1.41. The molecule has 0 spiro atoms. The Balaban J connectivity index is 2.34. The zero-order valence-electron chi connectivity index (χ0n) is 8.88. The maximum atomic E-state index is 6.22. The number of aryl methyl sites for hydroxylation is 2. The quantitative estimate of drug-likeness (QED) is 0.830. The third kappa shape index (κ3) is 2.36. The molecule has 1 atom stereocenters. The Morgan fingerprint density at radius 2 is 1.88 bits per heavy atom. The Morgan fingerprint density at radius 1 is 1.25 bits per heavy atom. The third-order valence-electron chi connectivity index (χ3n) is 2.46. The van der Waals surface area contributed by atoms with E-state index < -0.39 is 0 Å². The number of halogens is 2. The lowest BCUT2D eigenvalue weighted by Crippen LogP contribution is -2.07. The number of rotatable bonds is 2. The molecule has 0 aromatic carbocycles. The Morgan fingerprint density at radius 3 is 2.31 bits per heavy atom. The largest absolute Gasteiger partial charge is 0.319 e. The van der Waals surface area contributed by atoms with Crippen molar-refractivity contribution in [1.29, 1.82) is 0 Å². The predicted octanol–water partition coefficient (Wildman–Crippen LogP) is 4.89. The fourth-order valence-corrected chi connectivity index (χ4v) is 4.31. The predicted molar refractivity (Wildman–Crippen MR) is 76.9 cm³/mol. The van der Waals surface area contributed by atoms with Crippen LogP contribution in [0.1, 0.15) is 26.2 Å². The smallest absolute Gasteiger partial charge is 0.107 e. The molecular formula is C11H11BrClNS2. The van der Waals surface area contributed by atoms with Crippen molar-refractivity contribution in [2.24, 2.45) is 5.73 Å². The molecule has 2 aromatic heterocycles. The molecule has 2 heterocycles. The third-order valence-corrected chi connectivity index (χ3v) is 6.26. The fraction of sp³-hybridized carbons (Fsp3) is 0.273. The van der Waals surface area contributed by atoms with E-state index >= 15 is 0 Å². The highest BCUT2D eigenvalue weighted by molar-refractivity contribution is 9.10. The Kier molecular flexibility index (Phi) is 3.76. The molecular weight excluding hydrogens is 326 g/mol. The van der Waals surface area contributed by atoms with Crippen LogP contribution in [0.2, 0.25) is 4.34 Å². The maximum Gasteiger partial charge on any atom is 0.107 e. The van der Waals surface area contributed by atoms with Crippen LogP contribution in [0.4, 0.5) is 0 Å². The van der Waals surface area contributed by atoms with E-state index in [1.54, 1.807) is 11.3 Å². The van der Waals surface area contributed by atoms with Crippen molar-refractivity contribution in [1.82, 2.24) is 0 Å². The average Bonchev–Trinajstić information content (AvgIpc) is 2.72. The topological polar surface area (TPSA) is 26.0 Å². The second-order valence-electron chi connectivity index (χ2n) is 3.64. The molecule has 0 radical (unpaired) electrons. The van der Waals surface area contributed by atoms with Gasteiger partial charge in [0.15, 0.2) is 0 Å². The molecule has 0 saturated heterocycles. The Labute approximate surface area is 116 Å². The van der Waals surface area contributed by atoms with E-state index in [1.807, 2.05) is 6.07 Å². The van der Waals surface area contributed by atoms with Gasteiger partial charge in [0.1, 0.15) is 4.34 Å². The van der Waals surface area contributed by atoms with Gasteiger partial charge < -0.3 is 5.73 Å². The molecule has 2 aromatic rings. The minimum absolute atomic E-state index is 0.0637. The second-order valence-corrected chi connectivity index (χ2v) is 7.46. The summed E-state index contributed by atoms with van der Waals surface area (Å²) < 4.78 is 1.69. The van der Waals surface area contributed by atoms with Crippen molar-refractivity contribution in [3.8, 4) is 0 Å². The van der Waals surface area contributed by atoms with Crippen LogP contribution in [-0.4, -0.2) is 0 Å². The second kappa shape index (κ2) is 4.78. The SMILES string of the molecule is Cc1cc(C(N)c2cc(Br)c(Cl)s2)sc1C. The molecule has 0 aliphatic rings. The minimum Gasteiger partial charge on any atom is -0.319 e. The van der Waals surface area contributed by atoms with Gasteiger partial charge in [-0.2, -0.15) is 0 Å². The number of nitrogens with two attached hydrogens (primary N) is 1. The van der Waals surface area contributed by atoms with E-state index in [-0.39, 0.29) is 6.04 Å².